The average molecular weight is 366 g/mol. The van der Waals surface area contributed by atoms with Crippen molar-refractivity contribution in [2.24, 2.45) is 4.99 Å². The van der Waals surface area contributed by atoms with Gasteiger partial charge in [-0.2, -0.15) is 10.4 Å². The number of guanidine groups is 1. The molecule has 1 aliphatic heterocycles. The highest BCUT2D eigenvalue weighted by molar-refractivity contribution is 6.38. The van der Waals surface area contributed by atoms with Crippen molar-refractivity contribution in [2.75, 3.05) is 12.4 Å². The predicted octanol–water partition coefficient (Wildman–Crippen LogP) is 3.31. The molecular weight excluding hydrogens is 350 g/mol. The number of nitrogens with zero attached hydrogens (tertiary/aromatic N) is 4. The van der Waals surface area contributed by atoms with Crippen LogP contribution < -0.4 is 10.7 Å². The minimum absolute atomic E-state index is 0.272. The summed E-state index contributed by atoms with van der Waals surface area (Å²) in [5, 5.41) is 22.6. The number of nitriles is 1. The van der Waals surface area contributed by atoms with Crippen molar-refractivity contribution in [3.8, 4) is 6.07 Å². The third-order valence-electron chi connectivity index (χ3n) is 4.39. The molecule has 0 amide bonds. The van der Waals surface area contributed by atoms with E-state index in [1.54, 1.807) is 11.2 Å². The van der Waals surface area contributed by atoms with Crippen molar-refractivity contribution < 1.29 is 0 Å². The predicted molar refractivity (Wildman–Crippen MR) is 102 cm³/mol. The molecule has 8 heteroatoms. The van der Waals surface area contributed by atoms with Crippen molar-refractivity contribution >= 4 is 34.2 Å². The maximum atomic E-state index is 9.23. The monoisotopic (exact) mass is 365 g/mol. The lowest BCUT2D eigenvalue weighted by molar-refractivity contribution is 0.353. The van der Waals surface area contributed by atoms with Gasteiger partial charge in [0.1, 0.15) is 6.17 Å². The molecule has 0 saturated heterocycles. The van der Waals surface area contributed by atoms with Crippen LogP contribution in [0.15, 0.2) is 41.5 Å². The van der Waals surface area contributed by atoms with Gasteiger partial charge in [0.25, 0.3) is 0 Å². The Labute approximate surface area is 155 Å². The topological polar surface area (TPSA) is 92.1 Å². The van der Waals surface area contributed by atoms with Crippen molar-refractivity contribution in [3.05, 3.63) is 58.2 Å². The lowest BCUT2D eigenvalue weighted by Gasteiger charge is -2.17. The first kappa shape index (κ1) is 16.4. The zero-order chi connectivity index (χ0) is 18.3. The van der Waals surface area contributed by atoms with Gasteiger partial charge < -0.3 is 5.32 Å². The van der Waals surface area contributed by atoms with E-state index in [4.69, 9.17) is 11.6 Å². The summed E-state index contributed by atoms with van der Waals surface area (Å²) < 4.78 is 0. The number of H-pyrrole nitrogens is 1. The van der Waals surface area contributed by atoms with Crippen molar-refractivity contribution in [2.45, 2.75) is 13.1 Å². The van der Waals surface area contributed by atoms with Gasteiger partial charge >= 0.3 is 0 Å². The van der Waals surface area contributed by atoms with Gasteiger partial charge in [-0.15, -0.1) is 0 Å². The normalized spacial score (nSPS) is 16.6. The summed E-state index contributed by atoms with van der Waals surface area (Å²) in [6.07, 6.45) is 1.42. The zero-order valence-electron chi connectivity index (χ0n) is 14.2. The second kappa shape index (κ2) is 6.33. The number of aromatic amines is 1. The molecule has 0 fully saturated rings. The highest BCUT2D eigenvalue weighted by Crippen LogP contribution is 2.31. The number of anilines is 1. The fourth-order valence-electron chi connectivity index (χ4n) is 2.88. The molecule has 2 heterocycles. The van der Waals surface area contributed by atoms with E-state index in [2.05, 4.69) is 32.0 Å². The Balaban J connectivity index is 1.63. The van der Waals surface area contributed by atoms with Crippen LogP contribution in [0.4, 0.5) is 5.69 Å². The number of benzene rings is 2. The van der Waals surface area contributed by atoms with Gasteiger partial charge in [-0.05, 0) is 36.2 Å². The first-order chi connectivity index (χ1) is 12.6. The van der Waals surface area contributed by atoms with Crippen LogP contribution in [0.2, 0.25) is 5.02 Å². The fraction of sp³-hybridized carbons (Fsp3) is 0.167. The van der Waals surface area contributed by atoms with Crippen molar-refractivity contribution in [1.82, 2.24) is 20.6 Å². The van der Waals surface area contributed by atoms with Gasteiger partial charge in [0.05, 0.1) is 34.1 Å². The molecule has 2 aromatic carbocycles. The average Bonchev–Trinajstić information content (AvgIpc) is 3.25. The van der Waals surface area contributed by atoms with Gasteiger partial charge in [0, 0.05) is 12.4 Å². The summed E-state index contributed by atoms with van der Waals surface area (Å²) in [7, 11) is 1.87. The number of halogens is 1. The van der Waals surface area contributed by atoms with Gasteiger partial charge in [0.2, 0.25) is 5.96 Å². The third kappa shape index (κ3) is 2.75. The Hall–Kier alpha value is -3.08. The molecule has 0 saturated carbocycles. The van der Waals surface area contributed by atoms with E-state index in [0.29, 0.717) is 16.5 Å². The molecule has 130 valence electrons. The molecule has 1 aliphatic rings. The molecule has 1 aromatic heterocycles. The molecule has 0 spiro atoms. The van der Waals surface area contributed by atoms with Gasteiger partial charge in [-0.3, -0.25) is 10.1 Å². The van der Waals surface area contributed by atoms with Crippen LogP contribution in [0.25, 0.3) is 10.9 Å². The Morgan fingerprint density at radius 2 is 2.15 bits per heavy atom. The van der Waals surface area contributed by atoms with E-state index in [1.165, 1.54) is 0 Å². The molecular formula is C18H16ClN7. The number of rotatable bonds is 2. The molecule has 3 N–H and O–H groups in total. The Kier molecular flexibility index (Phi) is 3.99. The molecule has 0 aliphatic carbocycles. The number of nitrogens with one attached hydrogen (secondary N) is 3. The second-order valence-corrected chi connectivity index (χ2v) is 6.49. The fourth-order valence-corrected chi connectivity index (χ4v) is 3.14. The third-order valence-corrected chi connectivity index (χ3v) is 4.79. The summed E-state index contributed by atoms with van der Waals surface area (Å²) in [4.78, 5) is 4.68. The maximum Gasteiger partial charge on any atom is 0.215 e. The zero-order valence-corrected chi connectivity index (χ0v) is 15.0. The van der Waals surface area contributed by atoms with Crippen molar-refractivity contribution in [1.29, 1.82) is 5.26 Å². The minimum Gasteiger partial charge on any atom is -0.324 e. The number of hydrazine groups is 1. The summed E-state index contributed by atoms with van der Waals surface area (Å²) >= 11 is 6.47. The molecule has 3 aromatic rings. The number of aryl methyl sites for hydroxylation is 1. The van der Waals surface area contributed by atoms with Crippen molar-refractivity contribution in [3.63, 3.8) is 0 Å². The van der Waals surface area contributed by atoms with E-state index < -0.39 is 0 Å². The standard InChI is InChI=1S/C18H16ClN7/c1-10-3-4-11(7-12(10)8-20)17-23-18(26(2)25-17)22-15-6-5-14-13(16(15)19)9-21-24-14/h3-7,9,17,25H,1-2H3,(H,21,24)(H,22,23). The van der Waals surface area contributed by atoms with Gasteiger partial charge in [-0.25, -0.2) is 10.4 Å². The SMILES string of the molecule is Cc1ccc(C2N=C(Nc3ccc4[nH]ncc4c3Cl)N(C)N2)cc1C#N. The molecule has 26 heavy (non-hydrogen) atoms. The Morgan fingerprint density at radius 1 is 1.31 bits per heavy atom. The molecule has 1 atom stereocenters. The highest BCUT2D eigenvalue weighted by atomic mass is 35.5. The van der Waals surface area contributed by atoms with E-state index in [0.717, 1.165) is 27.7 Å². The number of fused-ring (bicyclic) bond motifs is 1. The number of aliphatic imine (C=N–C) groups is 1. The highest BCUT2D eigenvalue weighted by Gasteiger charge is 2.24. The first-order valence-electron chi connectivity index (χ1n) is 8.04. The number of hydrogen-bond donors (Lipinski definition) is 3. The molecule has 0 radical (unpaired) electrons. The summed E-state index contributed by atoms with van der Waals surface area (Å²) in [6, 6.07) is 11.8. The lowest BCUT2D eigenvalue weighted by Crippen LogP contribution is -2.37. The van der Waals surface area contributed by atoms with Crippen LogP contribution >= 0.6 is 11.6 Å². The van der Waals surface area contributed by atoms with Gasteiger partial charge in [-0.1, -0.05) is 23.7 Å². The van der Waals surface area contributed by atoms with E-state index in [-0.39, 0.29) is 6.17 Å². The summed E-state index contributed by atoms with van der Waals surface area (Å²) in [5.41, 5.74) is 7.40. The van der Waals surface area contributed by atoms with Crippen LogP contribution in [0.1, 0.15) is 22.9 Å². The molecule has 4 rings (SSSR count). The maximum absolute atomic E-state index is 9.23. The smallest absolute Gasteiger partial charge is 0.215 e. The molecule has 0 bridgehead atoms. The summed E-state index contributed by atoms with van der Waals surface area (Å²) in [5.74, 6) is 0.638. The van der Waals surface area contributed by atoms with E-state index in [1.807, 2.05) is 44.3 Å². The van der Waals surface area contributed by atoms with Crippen LogP contribution in [-0.2, 0) is 0 Å². The van der Waals surface area contributed by atoms with Crippen LogP contribution in [-0.4, -0.2) is 28.2 Å². The summed E-state index contributed by atoms with van der Waals surface area (Å²) in [6.45, 7) is 1.92. The second-order valence-electron chi connectivity index (χ2n) is 6.11. The Bertz CT molecular complexity index is 1060. The van der Waals surface area contributed by atoms with Crippen LogP contribution in [0.5, 0.6) is 0 Å². The van der Waals surface area contributed by atoms with E-state index >= 15 is 0 Å². The minimum atomic E-state index is -0.272. The first-order valence-corrected chi connectivity index (χ1v) is 8.41. The van der Waals surface area contributed by atoms with Crippen LogP contribution in [0, 0.1) is 18.3 Å². The van der Waals surface area contributed by atoms with Crippen LogP contribution in [0.3, 0.4) is 0 Å². The molecule has 7 nitrogen and oxygen atoms in total. The van der Waals surface area contributed by atoms with Gasteiger partial charge in [0.15, 0.2) is 0 Å². The molecule has 1 unspecified atom stereocenters. The largest absolute Gasteiger partial charge is 0.324 e. The quantitative estimate of drug-likeness (QED) is 0.648. The lowest BCUT2D eigenvalue weighted by atomic mass is 10.0. The number of hydrogen-bond acceptors (Lipinski definition) is 6. The van der Waals surface area contributed by atoms with E-state index in [9.17, 15) is 5.26 Å². The Morgan fingerprint density at radius 3 is 2.96 bits per heavy atom. The number of aromatic nitrogens is 2.